The Morgan fingerprint density at radius 2 is 2.00 bits per heavy atom. The fraction of sp³-hybridized carbons (Fsp3) is 0.222. The van der Waals surface area contributed by atoms with E-state index in [1.165, 1.54) is 6.07 Å². The lowest BCUT2D eigenvalue weighted by atomic mass is 9.87. The predicted molar refractivity (Wildman–Crippen MR) is 88.8 cm³/mol. The summed E-state index contributed by atoms with van der Waals surface area (Å²) < 4.78 is 14.4. The number of amides is 1. The van der Waals surface area contributed by atoms with E-state index in [0.717, 1.165) is 29.7 Å². The molecule has 0 spiro atoms. The molecule has 0 aliphatic carbocycles. The second-order valence-corrected chi connectivity index (χ2v) is 6.17. The maximum absolute atomic E-state index is 14.4. The highest BCUT2D eigenvalue weighted by Crippen LogP contribution is 2.40. The van der Waals surface area contributed by atoms with E-state index in [4.69, 9.17) is 0 Å². The smallest absolute Gasteiger partial charge is 0.278 e. The number of nitrogens with zero attached hydrogens (tertiary/aromatic N) is 2. The molecule has 2 aromatic rings. The van der Waals surface area contributed by atoms with Crippen LogP contribution in [-0.2, 0) is 17.8 Å². The molecule has 5 nitrogen and oxygen atoms in total. The van der Waals surface area contributed by atoms with Crippen molar-refractivity contribution in [3.8, 4) is 11.1 Å². The van der Waals surface area contributed by atoms with Crippen molar-refractivity contribution in [2.45, 2.75) is 13.0 Å². The molecule has 0 radical (unpaired) electrons. The Morgan fingerprint density at radius 3 is 2.75 bits per heavy atom. The summed E-state index contributed by atoms with van der Waals surface area (Å²) in [6.45, 7) is 1.51. The summed E-state index contributed by atoms with van der Waals surface area (Å²) in [4.78, 5) is 14.2. The monoisotopic (exact) mass is 325 g/mol. The molecule has 0 saturated carbocycles. The lowest BCUT2D eigenvalue weighted by Crippen LogP contribution is -2.28. The van der Waals surface area contributed by atoms with Crippen LogP contribution in [0.4, 0.5) is 10.1 Å². The number of nitrogens with one attached hydrogen (secondary N) is 1. The largest absolute Gasteiger partial charge is 0.410 e. The Balaban J connectivity index is 2.03. The highest BCUT2D eigenvalue weighted by Gasteiger charge is 2.33. The average Bonchev–Trinajstić information content (AvgIpc) is 2.90. The first-order valence-corrected chi connectivity index (χ1v) is 7.76. The van der Waals surface area contributed by atoms with Gasteiger partial charge in [0, 0.05) is 24.2 Å². The molecule has 24 heavy (non-hydrogen) atoms. The number of halogens is 1. The number of carbonyl (C=O) groups excluding carboxylic acids is 1. The van der Waals surface area contributed by atoms with Crippen LogP contribution in [0.1, 0.15) is 16.7 Å². The Kier molecular flexibility index (Phi) is 3.35. The zero-order valence-electron chi connectivity index (χ0n) is 13.1. The number of hydrogen-bond acceptors (Lipinski definition) is 4. The number of benzene rings is 2. The van der Waals surface area contributed by atoms with E-state index in [9.17, 15) is 14.4 Å². The topological polar surface area (TPSA) is 64.9 Å². The van der Waals surface area contributed by atoms with Crippen molar-refractivity contribution in [3.05, 3.63) is 52.8 Å². The van der Waals surface area contributed by atoms with Gasteiger partial charge in [-0.3, -0.25) is 4.79 Å². The molecule has 0 bridgehead atoms. The van der Waals surface area contributed by atoms with Gasteiger partial charge in [0.05, 0.1) is 5.69 Å². The predicted octanol–water partition coefficient (Wildman–Crippen LogP) is 2.61. The molecule has 0 saturated heterocycles. The van der Waals surface area contributed by atoms with E-state index in [2.05, 4.69) is 15.4 Å². The van der Waals surface area contributed by atoms with Gasteiger partial charge in [-0.05, 0) is 42.3 Å². The first-order valence-electron chi connectivity index (χ1n) is 7.76. The molecule has 2 N–H and O–H groups in total. The van der Waals surface area contributed by atoms with Crippen LogP contribution in [0.3, 0.4) is 0 Å². The number of hydrogen-bond donors (Lipinski definition) is 2. The molecule has 6 heteroatoms. The van der Waals surface area contributed by atoms with Gasteiger partial charge in [-0.2, -0.15) is 0 Å². The van der Waals surface area contributed by atoms with Gasteiger partial charge in [-0.1, -0.05) is 23.4 Å². The van der Waals surface area contributed by atoms with Crippen LogP contribution in [0.15, 0.2) is 35.5 Å². The van der Waals surface area contributed by atoms with E-state index in [-0.39, 0.29) is 11.5 Å². The lowest BCUT2D eigenvalue weighted by molar-refractivity contribution is -0.110. The highest BCUT2D eigenvalue weighted by molar-refractivity contribution is 6.54. The third-order valence-electron chi connectivity index (χ3n) is 4.69. The van der Waals surface area contributed by atoms with Crippen molar-refractivity contribution in [2.24, 2.45) is 5.16 Å². The second kappa shape index (κ2) is 5.42. The van der Waals surface area contributed by atoms with Crippen LogP contribution in [0, 0.1) is 5.82 Å². The summed E-state index contributed by atoms with van der Waals surface area (Å²) in [6.07, 6.45) is 0.768. The third kappa shape index (κ3) is 2.11. The lowest BCUT2D eigenvalue weighted by Gasteiger charge is -2.29. The highest BCUT2D eigenvalue weighted by atomic mass is 19.1. The summed E-state index contributed by atoms with van der Waals surface area (Å²) in [7, 11) is 2.00. The van der Waals surface area contributed by atoms with Crippen LogP contribution in [0.2, 0.25) is 0 Å². The van der Waals surface area contributed by atoms with Crippen LogP contribution in [0.25, 0.3) is 11.1 Å². The van der Waals surface area contributed by atoms with Crippen LogP contribution in [-0.4, -0.2) is 35.3 Å². The zero-order valence-corrected chi connectivity index (χ0v) is 13.1. The van der Waals surface area contributed by atoms with Gasteiger partial charge < -0.3 is 15.4 Å². The summed E-state index contributed by atoms with van der Waals surface area (Å²) in [5.74, 6) is -0.744. The molecule has 2 aromatic carbocycles. The number of carbonyl (C=O) groups is 1. The molecular formula is C18H16FN3O2. The van der Waals surface area contributed by atoms with E-state index in [0.29, 0.717) is 23.4 Å². The number of fused-ring (bicyclic) bond motifs is 3. The Bertz CT molecular complexity index is 892. The first kappa shape index (κ1) is 14.8. The summed E-state index contributed by atoms with van der Waals surface area (Å²) in [6, 6.07) is 8.35. The molecule has 1 amide bonds. The fourth-order valence-electron chi connectivity index (χ4n) is 3.54. The molecule has 122 valence electrons. The SMILES string of the molecule is CN1CCc2c(-c3ccccc3F)cc3c(c2C1)NC(=O)/C3=N/O. The van der Waals surface area contributed by atoms with Gasteiger partial charge in [-0.15, -0.1) is 0 Å². The van der Waals surface area contributed by atoms with Crippen LogP contribution >= 0.6 is 0 Å². The fourth-order valence-corrected chi connectivity index (χ4v) is 3.54. The second-order valence-electron chi connectivity index (χ2n) is 6.17. The standard InChI is InChI=1S/C18H16FN3O2/c1-22-7-6-10-12(11-4-2-3-5-15(11)19)8-13-16(14(10)9-22)20-18(23)17(13)21-24/h2-5,8,24H,6-7,9H2,1H3,(H,20,21,23). The van der Waals surface area contributed by atoms with E-state index >= 15 is 0 Å². The minimum absolute atomic E-state index is 0.0291. The van der Waals surface area contributed by atoms with Crippen molar-refractivity contribution in [2.75, 3.05) is 18.9 Å². The molecule has 0 unspecified atom stereocenters. The molecule has 2 heterocycles. The maximum Gasteiger partial charge on any atom is 0.278 e. The van der Waals surface area contributed by atoms with Crippen molar-refractivity contribution in [1.82, 2.24) is 4.90 Å². The Hall–Kier alpha value is -2.73. The number of oxime groups is 1. The zero-order chi connectivity index (χ0) is 16.8. The summed E-state index contributed by atoms with van der Waals surface area (Å²) in [5, 5.41) is 15.1. The quantitative estimate of drug-likeness (QED) is 0.626. The normalized spacial score (nSPS) is 18.4. The van der Waals surface area contributed by atoms with Gasteiger partial charge in [0.15, 0.2) is 5.71 Å². The first-order chi connectivity index (χ1) is 11.6. The average molecular weight is 325 g/mol. The van der Waals surface area contributed by atoms with Crippen LogP contribution in [0.5, 0.6) is 0 Å². The van der Waals surface area contributed by atoms with Crippen molar-refractivity contribution >= 4 is 17.3 Å². The molecule has 0 aromatic heterocycles. The van der Waals surface area contributed by atoms with E-state index < -0.39 is 5.91 Å². The van der Waals surface area contributed by atoms with Crippen molar-refractivity contribution < 1.29 is 14.4 Å². The van der Waals surface area contributed by atoms with Gasteiger partial charge in [0.1, 0.15) is 5.82 Å². The molecule has 0 atom stereocenters. The number of anilines is 1. The molecule has 2 aliphatic rings. The van der Waals surface area contributed by atoms with Crippen LogP contribution < -0.4 is 5.32 Å². The minimum Gasteiger partial charge on any atom is -0.410 e. The third-order valence-corrected chi connectivity index (χ3v) is 4.69. The van der Waals surface area contributed by atoms with E-state index in [1.807, 2.05) is 7.05 Å². The number of rotatable bonds is 1. The molecular weight excluding hydrogens is 309 g/mol. The Morgan fingerprint density at radius 1 is 1.21 bits per heavy atom. The van der Waals surface area contributed by atoms with Gasteiger partial charge in [0.25, 0.3) is 5.91 Å². The number of likely N-dealkylation sites (N-methyl/N-ethyl adjacent to an activating group) is 1. The molecule has 2 aliphatic heterocycles. The van der Waals surface area contributed by atoms with Crippen molar-refractivity contribution in [1.29, 1.82) is 0 Å². The Labute approximate surface area is 138 Å². The van der Waals surface area contributed by atoms with Gasteiger partial charge >= 0.3 is 0 Å². The van der Waals surface area contributed by atoms with Gasteiger partial charge in [0.2, 0.25) is 0 Å². The molecule has 0 fully saturated rings. The molecule has 4 rings (SSSR count). The maximum atomic E-state index is 14.4. The van der Waals surface area contributed by atoms with Crippen molar-refractivity contribution in [3.63, 3.8) is 0 Å². The van der Waals surface area contributed by atoms with Gasteiger partial charge in [-0.25, -0.2) is 4.39 Å². The minimum atomic E-state index is -0.436. The summed E-state index contributed by atoms with van der Waals surface area (Å²) in [5.41, 5.74) is 4.43. The summed E-state index contributed by atoms with van der Waals surface area (Å²) >= 11 is 0. The van der Waals surface area contributed by atoms with E-state index in [1.54, 1.807) is 24.3 Å².